The molecule has 1 unspecified atom stereocenters. The van der Waals surface area contributed by atoms with Gasteiger partial charge < -0.3 is 9.47 Å². The van der Waals surface area contributed by atoms with Gasteiger partial charge in [-0.15, -0.1) is 0 Å². The highest BCUT2D eigenvalue weighted by atomic mass is 35.7. The van der Waals surface area contributed by atoms with Gasteiger partial charge in [-0.2, -0.15) is 8.42 Å². The van der Waals surface area contributed by atoms with Crippen LogP contribution < -0.4 is 4.72 Å². The van der Waals surface area contributed by atoms with Crippen LogP contribution >= 0.6 is 10.7 Å². The van der Waals surface area contributed by atoms with Crippen LogP contribution in [0.15, 0.2) is 0 Å². The zero-order chi connectivity index (χ0) is 9.90. The lowest BCUT2D eigenvalue weighted by molar-refractivity contribution is 0.0873. The van der Waals surface area contributed by atoms with Crippen molar-refractivity contribution in [2.24, 2.45) is 0 Å². The Hall–Kier alpha value is -0.530. The number of ether oxygens (including phenoxy) is 2. The van der Waals surface area contributed by atoms with Crippen LogP contribution in [0.1, 0.15) is 6.42 Å². The lowest BCUT2D eigenvalue weighted by Gasteiger charge is -2.08. The first kappa shape index (κ1) is 10.6. The van der Waals surface area contributed by atoms with Gasteiger partial charge in [0.2, 0.25) is 0 Å². The van der Waals surface area contributed by atoms with Crippen molar-refractivity contribution in [2.75, 3.05) is 13.2 Å². The summed E-state index contributed by atoms with van der Waals surface area (Å²) in [6, 6.07) is 0. The summed E-state index contributed by atoms with van der Waals surface area (Å²) >= 11 is 0. The van der Waals surface area contributed by atoms with E-state index in [4.69, 9.17) is 15.4 Å². The number of hydrogen-bond donors (Lipinski definition) is 1. The van der Waals surface area contributed by atoms with E-state index >= 15 is 0 Å². The molecule has 1 heterocycles. The minimum absolute atomic E-state index is 0.287. The summed E-state index contributed by atoms with van der Waals surface area (Å²) in [7, 11) is 0.684. The molecule has 0 saturated carbocycles. The molecular weight excluding hydrogens is 222 g/mol. The van der Waals surface area contributed by atoms with E-state index in [0.717, 1.165) is 0 Å². The zero-order valence-corrected chi connectivity index (χ0v) is 8.10. The van der Waals surface area contributed by atoms with E-state index in [1.165, 1.54) is 4.72 Å². The second-order valence-electron chi connectivity index (χ2n) is 2.43. The Morgan fingerprint density at radius 2 is 2.31 bits per heavy atom. The van der Waals surface area contributed by atoms with Crippen molar-refractivity contribution in [3.63, 3.8) is 0 Å². The monoisotopic (exact) mass is 229 g/mol. The Morgan fingerprint density at radius 3 is 2.77 bits per heavy atom. The molecular formula is C5H8ClNO5S. The maximum absolute atomic E-state index is 10.8. The predicted molar refractivity (Wildman–Crippen MR) is 43.6 cm³/mol. The predicted octanol–water partition coefficient (Wildman–Crippen LogP) is -0.0149. The minimum atomic E-state index is -4.06. The average Bonchev–Trinajstić information content (AvgIpc) is 2.34. The molecule has 1 amide bonds. The first-order valence-electron chi connectivity index (χ1n) is 3.48. The van der Waals surface area contributed by atoms with Crippen molar-refractivity contribution in [2.45, 2.75) is 12.5 Å². The molecule has 0 aromatic heterocycles. The molecule has 0 aromatic carbocycles. The average molecular weight is 230 g/mol. The van der Waals surface area contributed by atoms with Gasteiger partial charge in [-0.3, -0.25) is 0 Å². The molecule has 76 valence electrons. The number of hydrogen-bond acceptors (Lipinski definition) is 5. The van der Waals surface area contributed by atoms with E-state index in [1.807, 2.05) is 0 Å². The van der Waals surface area contributed by atoms with Gasteiger partial charge in [0.1, 0.15) is 6.10 Å². The fraction of sp³-hybridized carbons (Fsp3) is 0.800. The molecule has 0 spiro atoms. The van der Waals surface area contributed by atoms with Gasteiger partial charge in [-0.05, 0) is 0 Å². The highest BCUT2D eigenvalue weighted by Gasteiger charge is 2.21. The SMILES string of the molecule is O=C(NS(=O)(=O)Cl)OC1CCOC1. The summed E-state index contributed by atoms with van der Waals surface area (Å²) < 4.78 is 31.7. The van der Waals surface area contributed by atoms with Crippen molar-refractivity contribution < 1.29 is 22.7 Å². The van der Waals surface area contributed by atoms with Crippen molar-refractivity contribution >= 4 is 26.0 Å². The quantitative estimate of drug-likeness (QED) is 0.674. The topological polar surface area (TPSA) is 81.7 Å². The number of nitrogens with one attached hydrogen (secondary N) is 1. The normalized spacial score (nSPS) is 22.7. The van der Waals surface area contributed by atoms with Crippen LogP contribution in [0.25, 0.3) is 0 Å². The second kappa shape index (κ2) is 4.12. The number of carbonyl (C=O) groups is 1. The Morgan fingerprint density at radius 1 is 1.62 bits per heavy atom. The molecule has 6 nitrogen and oxygen atoms in total. The van der Waals surface area contributed by atoms with Crippen LogP contribution in [-0.2, 0) is 18.7 Å². The summed E-state index contributed by atoms with van der Waals surface area (Å²) in [6.07, 6.45) is -0.903. The lowest BCUT2D eigenvalue weighted by Crippen LogP contribution is -2.31. The van der Waals surface area contributed by atoms with Gasteiger partial charge in [0.25, 0.3) is 0 Å². The Kier molecular flexibility index (Phi) is 3.34. The molecule has 1 aliphatic rings. The number of carbonyl (C=O) groups excluding carboxylic acids is 1. The summed E-state index contributed by atoms with van der Waals surface area (Å²) in [6.45, 7) is 0.793. The number of halogens is 1. The molecule has 1 fully saturated rings. The second-order valence-corrected chi connectivity index (χ2v) is 4.73. The van der Waals surface area contributed by atoms with Crippen LogP contribution in [-0.4, -0.2) is 33.8 Å². The molecule has 1 N–H and O–H groups in total. The molecule has 0 aliphatic carbocycles. The molecule has 1 rings (SSSR count). The molecule has 0 aromatic rings. The Bertz CT molecular complexity index is 283. The van der Waals surface area contributed by atoms with Crippen LogP contribution in [0.3, 0.4) is 0 Å². The van der Waals surface area contributed by atoms with Crippen LogP contribution in [0, 0.1) is 0 Å². The Labute approximate surface area is 79.7 Å². The molecule has 1 aliphatic heterocycles. The highest BCUT2D eigenvalue weighted by Crippen LogP contribution is 2.08. The molecule has 0 radical (unpaired) electrons. The third kappa shape index (κ3) is 4.30. The summed E-state index contributed by atoms with van der Waals surface area (Å²) in [5.41, 5.74) is 0. The van der Waals surface area contributed by atoms with Gasteiger partial charge in [-0.1, -0.05) is 0 Å². The van der Waals surface area contributed by atoms with Gasteiger partial charge >= 0.3 is 15.3 Å². The largest absolute Gasteiger partial charge is 0.443 e. The van der Waals surface area contributed by atoms with Gasteiger partial charge in [0.15, 0.2) is 0 Å². The van der Waals surface area contributed by atoms with E-state index in [0.29, 0.717) is 13.0 Å². The van der Waals surface area contributed by atoms with E-state index in [-0.39, 0.29) is 6.61 Å². The van der Waals surface area contributed by atoms with E-state index in [2.05, 4.69) is 4.74 Å². The summed E-state index contributed by atoms with van der Waals surface area (Å²) in [4.78, 5) is 10.8. The molecule has 13 heavy (non-hydrogen) atoms. The standard InChI is InChI=1S/C5H8ClNO5S/c6-13(9,10)7-5(8)12-4-1-2-11-3-4/h4H,1-3H2,(H,7,8). The number of amides is 1. The minimum Gasteiger partial charge on any atom is -0.443 e. The fourth-order valence-electron chi connectivity index (χ4n) is 0.881. The van der Waals surface area contributed by atoms with Crippen LogP contribution in [0.5, 0.6) is 0 Å². The molecule has 8 heteroatoms. The van der Waals surface area contributed by atoms with Crippen LogP contribution in [0.4, 0.5) is 4.79 Å². The number of rotatable bonds is 2. The zero-order valence-electron chi connectivity index (χ0n) is 6.53. The lowest BCUT2D eigenvalue weighted by atomic mass is 10.3. The molecule has 0 bridgehead atoms. The first-order valence-corrected chi connectivity index (χ1v) is 5.79. The Balaban J connectivity index is 2.33. The first-order chi connectivity index (χ1) is 5.97. The van der Waals surface area contributed by atoms with Gasteiger partial charge in [-0.25, -0.2) is 9.52 Å². The highest BCUT2D eigenvalue weighted by molar-refractivity contribution is 8.12. The van der Waals surface area contributed by atoms with Crippen molar-refractivity contribution in [3.8, 4) is 0 Å². The molecule has 1 saturated heterocycles. The van der Waals surface area contributed by atoms with Gasteiger partial charge in [0.05, 0.1) is 13.2 Å². The van der Waals surface area contributed by atoms with E-state index in [9.17, 15) is 13.2 Å². The summed E-state index contributed by atoms with van der Waals surface area (Å²) in [5, 5.41) is 0. The maximum Gasteiger partial charge on any atom is 0.422 e. The van der Waals surface area contributed by atoms with Crippen LogP contribution in [0.2, 0.25) is 0 Å². The maximum atomic E-state index is 10.8. The van der Waals surface area contributed by atoms with E-state index in [1.54, 1.807) is 0 Å². The smallest absolute Gasteiger partial charge is 0.422 e. The van der Waals surface area contributed by atoms with Gasteiger partial charge in [0, 0.05) is 17.1 Å². The van der Waals surface area contributed by atoms with Crippen molar-refractivity contribution in [1.82, 2.24) is 4.72 Å². The van der Waals surface area contributed by atoms with Crippen molar-refractivity contribution in [1.29, 1.82) is 0 Å². The third-order valence-corrected chi connectivity index (χ3v) is 2.01. The van der Waals surface area contributed by atoms with E-state index < -0.39 is 21.4 Å². The van der Waals surface area contributed by atoms with Crippen molar-refractivity contribution in [3.05, 3.63) is 0 Å². The fourth-order valence-corrected chi connectivity index (χ4v) is 1.32. The summed E-state index contributed by atoms with van der Waals surface area (Å²) in [5.74, 6) is 0. The molecule has 1 atom stereocenters. The third-order valence-electron chi connectivity index (χ3n) is 1.37.